The van der Waals surface area contributed by atoms with Crippen LogP contribution in [0, 0.1) is 0 Å². The van der Waals surface area contributed by atoms with Crippen molar-refractivity contribution in [2.24, 2.45) is 12.8 Å². The number of nitrogens with zero attached hydrogens (tertiary/aromatic N) is 4. The van der Waals surface area contributed by atoms with Crippen molar-refractivity contribution < 1.29 is 4.79 Å². The van der Waals surface area contributed by atoms with Crippen molar-refractivity contribution in [1.82, 2.24) is 19.7 Å². The predicted molar refractivity (Wildman–Crippen MR) is 80.5 cm³/mol. The zero-order valence-electron chi connectivity index (χ0n) is 12.2. The Morgan fingerprint density at radius 1 is 1.65 bits per heavy atom. The molecule has 0 aliphatic carbocycles. The molecule has 1 aromatic rings. The van der Waals surface area contributed by atoms with Crippen LogP contribution in [0.15, 0.2) is 6.33 Å². The molecule has 2 N–H and O–H groups in total. The van der Waals surface area contributed by atoms with Crippen molar-refractivity contribution in [3.8, 4) is 0 Å². The van der Waals surface area contributed by atoms with E-state index in [4.69, 9.17) is 5.73 Å². The van der Waals surface area contributed by atoms with Gasteiger partial charge in [-0.05, 0) is 31.3 Å². The highest BCUT2D eigenvalue weighted by molar-refractivity contribution is 7.98. The summed E-state index contributed by atoms with van der Waals surface area (Å²) < 4.78 is 1.94. The summed E-state index contributed by atoms with van der Waals surface area (Å²) in [5.74, 6) is 2.23. The van der Waals surface area contributed by atoms with Crippen molar-refractivity contribution >= 4 is 17.7 Å². The number of hydrogen-bond acceptors (Lipinski definition) is 5. The second kappa shape index (κ2) is 7.08. The van der Waals surface area contributed by atoms with E-state index in [1.54, 1.807) is 18.1 Å². The molecule has 2 heterocycles. The summed E-state index contributed by atoms with van der Waals surface area (Å²) in [4.78, 5) is 14.2. The summed E-state index contributed by atoms with van der Waals surface area (Å²) in [6.45, 7) is 1.51. The summed E-state index contributed by atoms with van der Waals surface area (Å²) in [7, 11) is 1.94. The molecule has 1 amide bonds. The van der Waals surface area contributed by atoms with Gasteiger partial charge in [0.05, 0.1) is 6.04 Å². The third kappa shape index (κ3) is 3.52. The number of amides is 1. The quantitative estimate of drug-likeness (QED) is 0.861. The maximum Gasteiger partial charge on any atom is 0.239 e. The maximum atomic E-state index is 12.4. The minimum atomic E-state index is -0.374. The fourth-order valence-corrected chi connectivity index (χ4v) is 3.14. The Bertz CT molecular complexity index is 450. The first kappa shape index (κ1) is 15.3. The van der Waals surface area contributed by atoms with Gasteiger partial charge in [-0.3, -0.25) is 4.79 Å². The standard InChI is InChI=1S/C13H23N5OS/c1-17-9-15-16-12(17)10-4-3-6-18(8-10)13(19)11(14)5-7-20-2/h9-11H,3-8,14H2,1-2H3/t10?,11-/m1/s1. The Morgan fingerprint density at radius 3 is 3.10 bits per heavy atom. The number of nitrogens with two attached hydrogens (primary N) is 1. The van der Waals surface area contributed by atoms with E-state index in [1.807, 2.05) is 22.8 Å². The van der Waals surface area contributed by atoms with Crippen LogP contribution in [-0.2, 0) is 11.8 Å². The average Bonchev–Trinajstić information content (AvgIpc) is 2.90. The lowest BCUT2D eigenvalue weighted by Crippen LogP contribution is -2.48. The minimum Gasteiger partial charge on any atom is -0.341 e. The molecule has 2 rings (SSSR count). The van der Waals surface area contributed by atoms with Crippen LogP contribution >= 0.6 is 11.8 Å². The number of aromatic nitrogens is 3. The van der Waals surface area contributed by atoms with Crippen molar-refractivity contribution in [3.05, 3.63) is 12.2 Å². The highest BCUT2D eigenvalue weighted by Gasteiger charge is 2.29. The molecular formula is C13H23N5OS. The molecule has 0 spiro atoms. The van der Waals surface area contributed by atoms with E-state index in [0.717, 1.165) is 37.4 Å². The third-order valence-corrected chi connectivity index (χ3v) is 4.44. The number of piperidine rings is 1. The molecule has 2 atom stereocenters. The Hall–Kier alpha value is -1.08. The van der Waals surface area contributed by atoms with E-state index in [-0.39, 0.29) is 17.9 Å². The second-order valence-corrected chi connectivity index (χ2v) is 6.30. The number of carbonyl (C=O) groups is 1. The number of thioether (sulfide) groups is 1. The highest BCUT2D eigenvalue weighted by Crippen LogP contribution is 2.25. The van der Waals surface area contributed by atoms with Crippen LogP contribution in [0.4, 0.5) is 0 Å². The lowest BCUT2D eigenvalue weighted by atomic mass is 9.96. The first-order valence-electron chi connectivity index (χ1n) is 7.00. The van der Waals surface area contributed by atoms with Gasteiger partial charge in [0.1, 0.15) is 12.2 Å². The van der Waals surface area contributed by atoms with Gasteiger partial charge in [0.2, 0.25) is 5.91 Å². The smallest absolute Gasteiger partial charge is 0.239 e. The number of likely N-dealkylation sites (tertiary alicyclic amines) is 1. The summed E-state index contributed by atoms with van der Waals surface area (Å²) in [5, 5.41) is 8.09. The molecular weight excluding hydrogens is 274 g/mol. The zero-order valence-corrected chi connectivity index (χ0v) is 13.0. The number of aryl methyl sites for hydroxylation is 1. The van der Waals surface area contributed by atoms with Crippen LogP contribution in [0.25, 0.3) is 0 Å². The van der Waals surface area contributed by atoms with Crippen LogP contribution in [0.2, 0.25) is 0 Å². The van der Waals surface area contributed by atoms with Gasteiger partial charge in [0, 0.05) is 26.1 Å². The summed E-state index contributed by atoms with van der Waals surface area (Å²) in [6.07, 6.45) is 6.53. The van der Waals surface area contributed by atoms with E-state index in [9.17, 15) is 4.79 Å². The van der Waals surface area contributed by atoms with E-state index in [2.05, 4.69) is 10.2 Å². The van der Waals surface area contributed by atoms with Crippen LogP contribution < -0.4 is 5.73 Å². The van der Waals surface area contributed by atoms with E-state index in [0.29, 0.717) is 6.54 Å². The Kier molecular flexibility index (Phi) is 5.42. The highest BCUT2D eigenvalue weighted by atomic mass is 32.2. The monoisotopic (exact) mass is 297 g/mol. The van der Waals surface area contributed by atoms with Crippen LogP contribution in [0.3, 0.4) is 0 Å². The van der Waals surface area contributed by atoms with Crippen LogP contribution in [0.1, 0.15) is 31.0 Å². The molecule has 1 saturated heterocycles. The normalized spacial score (nSPS) is 20.9. The number of hydrogen-bond donors (Lipinski definition) is 1. The summed E-state index contributed by atoms with van der Waals surface area (Å²) in [6, 6.07) is -0.374. The molecule has 1 unspecified atom stereocenters. The molecule has 0 saturated carbocycles. The molecule has 7 heteroatoms. The van der Waals surface area contributed by atoms with Gasteiger partial charge in [-0.25, -0.2) is 0 Å². The lowest BCUT2D eigenvalue weighted by Gasteiger charge is -2.33. The van der Waals surface area contributed by atoms with Crippen LogP contribution in [-0.4, -0.2) is 56.7 Å². The van der Waals surface area contributed by atoms with Gasteiger partial charge < -0.3 is 15.2 Å². The number of rotatable bonds is 5. The zero-order chi connectivity index (χ0) is 14.5. The third-order valence-electron chi connectivity index (χ3n) is 3.79. The first-order valence-corrected chi connectivity index (χ1v) is 8.40. The molecule has 1 aliphatic heterocycles. The van der Waals surface area contributed by atoms with E-state index < -0.39 is 0 Å². The lowest BCUT2D eigenvalue weighted by molar-refractivity contribution is -0.133. The predicted octanol–water partition coefficient (Wildman–Crippen LogP) is 0.602. The van der Waals surface area contributed by atoms with Gasteiger partial charge in [0.25, 0.3) is 0 Å². The van der Waals surface area contributed by atoms with Crippen molar-refractivity contribution in [2.45, 2.75) is 31.2 Å². The SMILES string of the molecule is CSCC[C@@H](N)C(=O)N1CCCC(c2nncn2C)C1. The van der Waals surface area contributed by atoms with Gasteiger partial charge in [-0.1, -0.05) is 0 Å². The maximum absolute atomic E-state index is 12.4. The van der Waals surface area contributed by atoms with Crippen LogP contribution in [0.5, 0.6) is 0 Å². The molecule has 6 nitrogen and oxygen atoms in total. The molecule has 1 aromatic heterocycles. The minimum absolute atomic E-state index is 0.0749. The molecule has 0 aromatic carbocycles. The molecule has 0 bridgehead atoms. The molecule has 20 heavy (non-hydrogen) atoms. The van der Waals surface area contributed by atoms with Crippen molar-refractivity contribution in [2.75, 3.05) is 25.1 Å². The van der Waals surface area contributed by atoms with E-state index in [1.165, 1.54) is 0 Å². The van der Waals surface area contributed by atoms with Gasteiger partial charge in [-0.15, -0.1) is 10.2 Å². The first-order chi connectivity index (χ1) is 9.63. The Balaban J connectivity index is 1.96. The second-order valence-electron chi connectivity index (χ2n) is 5.31. The Labute approximate surface area is 124 Å². The fourth-order valence-electron chi connectivity index (χ4n) is 2.65. The summed E-state index contributed by atoms with van der Waals surface area (Å²) in [5.41, 5.74) is 5.99. The molecule has 0 radical (unpaired) electrons. The van der Waals surface area contributed by atoms with E-state index >= 15 is 0 Å². The van der Waals surface area contributed by atoms with Crippen molar-refractivity contribution in [1.29, 1.82) is 0 Å². The van der Waals surface area contributed by atoms with Gasteiger partial charge >= 0.3 is 0 Å². The van der Waals surface area contributed by atoms with Crippen molar-refractivity contribution in [3.63, 3.8) is 0 Å². The molecule has 1 aliphatic rings. The molecule has 112 valence electrons. The largest absolute Gasteiger partial charge is 0.341 e. The van der Waals surface area contributed by atoms with Gasteiger partial charge in [-0.2, -0.15) is 11.8 Å². The van der Waals surface area contributed by atoms with Gasteiger partial charge in [0.15, 0.2) is 0 Å². The number of carbonyl (C=O) groups excluding carboxylic acids is 1. The Morgan fingerprint density at radius 2 is 2.45 bits per heavy atom. The average molecular weight is 297 g/mol. The summed E-state index contributed by atoms with van der Waals surface area (Å²) >= 11 is 1.72. The fraction of sp³-hybridized carbons (Fsp3) is 0.769. The topological polar surface area (TPSA) is 77.0 Å². The molecule has 1 fully saturated rings.